The van der Waals surface area contributed by atoms with Crippen molar-refractivity contribution >= 4 is 6.08 Å². The topological polar surface area (TPSA) is 26.0 Å². The first-order chi connectivity index (χ1) is 6.05. The molecule has 0 aliphatic carbocycles. The summed E-state index contributed by atoms with van der Waals surface area (Å²) in [6.45, 7) is 0. The minimum Gasteiger partial charge on any atom is -0.405 e. The maximum atomic E-state index is 12.3. The third kappa shape index (κ3) is 2.24. The van der Waals surface area contributed by atoms with Crippen molar-refractivity contribution in [2.75, 3.05) is 0 Å². The lowest BCUT2D eigenvalue weighted by Crippen LogP contribution is -2.06. The zero-order chi connectivity index (χ0) is 9.90. The van der Waals surface area contributed by atoms with Crippen LogP contribution in [0, 0.1) is 0 Å². The normalized spacial score (nSPS) is 12.2. The summed E-state index contributed by atoms with van der Waals surface area (Å²) in [6.07, 6.45) is -2.01. The van der Waals surface area contributed by atoms with E-state index in [-0.39, 0.29) is 5.56 Å². The smallest absolute Gasteiger partial charge is 0.405 e. The molecule has 0 atom stereocenters. The van der Waals surface area contributed by atoms with Crippen molar-refractivity contribution in [3.8, 4) is 0 Å². The standard InChI is InChI=1S/C9H8F3N/c10-9(11,12)8-4-2-1-3-7(8)5-6-13/h1-6H,13H2/b6-5+. The molecule has 0 aromatic heterocycles. The van der Waals surface area contributed by atoms with Gasteiger partial charge >= 0.3 is 6.18 Å². The van der Waals surface area contributed by atoms with Crippen LogP contribution in [0.25, 0.3) is 6.08 Å². The van der Waals surface area contributed by atoms with E-state index in [1.807, 2.05) is 0 Å². The fourth-order valence-corrected chi connectivity index (χ4v) is 1.00. The van der Waals surface area contributed by atoms with Crippen LogP contribution in [0.4, 0.5) is 13.2 Å². The molecule has 0 amide bonds. The van der Waals surface area contributed by atoms with Gasteiger partial charge in [0.05, 0.1) is 5.56 Å². The summed E-state index contributed by atoms with van der Waals surface area (Å²) in [7, 11) is 0. The number of nitrogens with two attached hydrogens (primary N) is 1. The van der Waals surface area contributed by atoms with Crippen LogP contribution in [0.2, 0.25) is 0 Å². The lowest BCUT2D eigenvalue weighted by molar-refractivity contribution is -0.137. The van der Waals surface area contributed by atoms with Crippen LogP contribution >= 0.6 is 0 Å². The number of hydrogen-bond donors (Lipinski definition) is 1. The molecule has 1 aromatic carbocycles. The highest BCUT2D eigenvalue weighted by atomic mass is 19.4. The Hall–Kier alpha value is -1.45. The van der Waals surface area contributed by atoms with E-state index in [9.17, 15) is 13.2 Å². The molecule has 70 valence electrons. The van der Waals surface area contributed by atoms with Gasteiger partial charge in [0.1, 0.15) is 0 Å². The second-order valence-corrected chi connectivity index (χ2v) is 2.44. The largest absolute Gasteiger partial charge is 0.416 e. The Balaban J connectivity index is 3.20. The Kier molecular flexibility index (Phi) is 2.60. The highest BCUT2D eigenvalue weighted by molar-refractivity contribution is 5.54. The molecule has 0 aliphatic heterocycles. The van der Waals surface area contributed by atoms with Gasteiger partial charge in [0.25, 0.3) is 0 Å². The predicted octanol–water partition coefficient (Wildman–Crippen LogP) is 2.63. The Morgan fingerprint density at radius 1 is 1.15 bits per heavy atom. The van der Waals surface area contributed by atoms with Gasteiger partial charge in [-0.1, -0.05) is 18.2 Å². The quantitative estimate of drug-likeness (QED) is 0.718. The summed E-state index contributed by atoms with van der Waals surface area (Å²) in [4.78, 5) is 0. The van der Waals surface area contributed by atoms with E-state index in [2.05, 4.69) is 0 Å². The second kappa shape index (κ2) is 3.51. The van der Waals surface area contributed by atoms with Crippen LogP contribution in [0.5, 0.6) is 0 Å². The van der Waals surface area contributed by atoms with Crippen LogP contribution in [-0.4, -0.2) is 0 Å². The molecule has 1 aromatic rings. The van der Waals surface area contributed by atoms with E-state index in [1.165, 1.54) is 24.3 Å². The van der Waals surface area contributed by atoms with E-state index < -0.39 is 11.7 Å². The fourth-order valence-electron chi connectivity index (χ4n) is 1.00. The molecular formula is C9H8F3N. The number of benzene rings is 1. The molecule has 4 heteroatoms. The molecule has 0 saturated heterocycles. The van der Waals surface area contributed by atoms with Crippen molar-refractivity contribution in [1.29, 1.82) is 0 Å². The zero-order valence-corrected chi connectivity index (χ0v) is 6.68. The van der Waals surface area contributed by atoms with Gasteiger partial charge in [-0.05, 0) is 23.9 Å². The van der Waals surface area contributed by atoms with E-state index in [4.69, 9.17) is 5.73 Å². The van der Waals surface area contributed by atoms with Gasteiger partial charge in [-0.2, -0.15) is 13.2 Å². The van der Waals surface area contributed by atoms with Crippen molar-refractivity contribution < 1.29 is 13.2 Å². The van der Waals surface area contributed by atoms with Gasteiger partial charge < -0.3 is 5.73 Å². The van der Waals surface area contributed by atoms with Crippen LogP contribution in [0.3, 0.4) is 0 Å². The van der Waals surface area contributed by atoms with Gasteiger partial charge in [0.15, 0.2) is 0 Å². The predicted molar refractivity (Wildman–Crippen MR) is 44.7 cm³/mol. The van der Waals surface area contributed by atoms with E-state index in [0.29, 0.717) is 0 Å². The fraction of sp³-hybridized carbons (Fsp3) is 0.111. The van der Waals surface area contributed by atoms with Crippen LogP contribution < -0.4 is 5.73 Å². The van der Waals surface area contributed by atoms with E-state index >= 15 is 0 Å². The van der Waals surface area contributed by atoms with Crippen molar-refractivity contribution in [3.05, 3.63) is 41.6 Å². The molecule has 0 aliphatic rings. The molecule has 0 radical (unpaired) electrons. The third-order valence-electron chi connectivity index (χ3n) is 1.54. The van der Waals surface area contributed by atoms with E-state index in [0.717, 1.165) is 12.3 Å². The zero-order valence-electron chi connectivity index (χ0n) is 6.68. The van der Waals surface area contributed by atoms with Gasteiger partial charge in [-0.3, -0.25) is 0 Å². The van der Waals surface area contributed by atoms with E-state index in [1.54, 1.807) is 0 Å². The van der Waals surface area contributed by atoms with Crippen LogP contribution in [-0.2, 0) is 6.18 Å². The molecule has 1 nitrogen and oxygen atoms in total. The highest BCUT2D eigenvalue weighted by Crippen LogP contribution is 2.32. The average molecular weight is 187 g/mol. The Morgan fingerprint density at radius 2 is 1.77 bits per heavy atom. The molecular weight excluding hydrogens is 179 g/mol. The monoisotopic (exact) mass is 187 g/mol. The summed E-state index contributed by atoms with van der Waals surface area (Å²) in [5.41, 5.74) is 4.44. The summed E-state index contributed by atoms with van der Waals surface area (Å²) in [5, 5.41) is 0. The summed E-state index contributed by atoms with van der Waals surface area (Å²) in [5.74, 6) is 0. The van der Waals surface area contributed by atoms with Crippen molar-refractivity contribution in [3.63, 3.8) is 0 Å². The lowest BCUT2D eigenvalue weighted by atomic mass is 10.1. The molecule has 0 unspecified atom stereocenters. The lowest BCUT2D eigenvalue weighted by Gasteiger charge is -2.09. The number of rotatable bonds is 1. The first-order valence-electron chi connectivity index (χ1n) is 3.60. The third-order valence-corrected chi connectivity index (χ3v) is 1.54. The molecule has 0 saturated carbocycles. The number of halogens is 3. The molecule has 2 N–H and O–H groups in total. The molecule has 1 rings (SSSR count). The second-order valence-electron chi connectivity index (χ2n) is 2.44. The maximum Gasteiger partial charge on any atom is 0.416 e. The van der Waals surface area contributed by atoms with Crippen molar-refractivity contribution in [2.45, 2.75) is 6.18 Å². The SMILES string of the molecule is N/C=C/c1ccccc1C(F)(F)F. The van der Waals surface area contributed by atoms with Crippen molar-refractivity contribution in [2.24, 2.45) is 5.73 Å². The highest BCUT2D eigenvalue weighted by Gasteiger charge is 2.32. The van der Waals surface area contributed by atoms with Gasteiger partial charge in [0, 0.05) is 0 Å². The number of hydrogen-bond acceptors (Lipinski definition) is 1. The molecule has 13 heavy (non-hydrogen) atoms. The molecule has 0 fully saturated rings. The average Bonchev–Trinajstić information content (AvgIpc) is 2.04. The summed E-state index contributed by atoms with van der Waals surface area (Å²) >= 11 is 0. The Bertz CT molecular complexity index is 315. The number of alkyl halides is 3. The first kappa shape index (κ1) is 9.64. The molecule has 0 bridgehead atoms. The van der Waals surface area contributed by atoms with Crippen LogP contribution in [0.15, 0.2) is 30.5 Å². The van der Waals surface area contributed by atoms with Gasteiger partial charge in [-0.25, -0.2) is 0 Å². The minimum atomic E-state index is -4.32. The molecule has 0 heterocycles. The summed E-state index contributed by atoms with van der Waals surface area (Å²) in [6, 6.07) is 5.27. The maximum absolute atomic E-state index is 12.3. The Morgan fingerprint density at radius 3 is 2.31 bits per heavy atom. The van der Waals surface area contributed by atoms with Crippen LogP contribution in [0.1, 0.15) is 11.1 Å². The van der Waals surface area contributed by atoms with Gasteiger partial charge in [-0.15, -0.1) is 0 Å². The first-order valence-corrected chi connectivity index (χ1v) is 3.60. The molecule has 0 spiro atoms. The summed E-state index contributed by atoms with van der Waals surface area (Å²) < 4.78 is 36.9. The van der Waals surface area contributed by atoms with Crippen molar-refractivity contribution in [1.82, 2.24) is 0 Å². The Labute approximate surface area is 73.7 Å². The minimum absolute atomic E-state index is 0.0810. The van der Waals surface area contributed by atoms with Gasteiger partial charge in [0.2, 0.25) is 0 Å².